The fraction of sp³-hybridized carbons (Fsp3) is 0.364. The smallest absolute Gasteiger partial charge is 0.335 e. The molecule has 0 saturated heterocycles. The van der Waals surface area contributed by atoms with Gasteiger partial charge >= 0.3 is 5.97 Å². The van der Waals surface area contributed by atoms with Crippen LogP contribution in [0.25, 0.3) is 0 Å². The first kappa shape index (κ1) is 15.9. The van der Waals surface area contributed by atoms with Gasteiger partial charge in [0.15, 0.2) is 0 Å². The molecule has 0 bridgehead atoms. The van der Waals surface area contributed by atoms with Gasteiger partial charge in [-0.3, -0.25) is 14.8 Å². The number of nitrogens with zero attached hydrogens (tertiary/aromatic N) is 1. The number of sulfonamides is 1. The maximum Gasteiger partial charge on any atom is 0.335 e. The van der Waals surface area contributed by atoms with Gasteiger partial charge in [-0.05, 0) is 18.1 Å². The Bertz CT molecular complexity index is 638. The summed E-state index contributed by atoms with van der Waals surface area (Å²) in [6, 6.07) is 2.98. The lowest BCUT2D eigenvalue weighted by Crippen LogP contribution is -2.20. The van der Waals surface area contributed by atoms with Gasteiger partial charge in [0.25, 0.3) is 5.69 Å². The first-order chi connectivity index (χ1) is 9.12. The lowest BCUT2D eigenvalue weighted by molar-refractivity contribution is -0.383. The Hall–Kier alpha value is -2.16. The molecule has 0 aliphatic heterocycles. The lowest BCUT2D eigenvalue weighted by atomic mass is 10.2. The minimum Gasteiger partial charge on any atom is -0.478 e. The van der Waals surface area contributed by atoms with Crippen LogP contribution >= 0.6 is 0 Å². The highest BCUT2D eigenvalue weighted by molar-refractivity contribution is 7.92. The fourth-order valence-corrected chi connectivity index (χ4v) is 3.02. The van der Waals surface area contributed by atoms with Crippen molar-refractivity contribution in [2.24, 2.45) is 5.92 Å². The molecule has 0 aliphatic rings. The summed E-state index contributed by atoms with van der Waals surface area (Å²) in [7, 11) is -3.72. The number of hydrogen-bond acceptors (Lipinski definition) is 5. The second-order valence-electron chi connectivity index (χ2n) is 4.57. The average molecular weight is 302 g/mol. The van der Waals surface area contributed by atoms with E-state index in [0.29, 0.717) is 0 Å². The quantitative estimate of drug-likeness (QED) is 0.608. The third kappa shape index (κ3) is 4.19. The number of rotatable bonds is 6. The van der Waals surface area contributed by atoms with Gasteiger partial charge in [-0.2, -0.15) is 0 Å². The van der Waals surface area contributed by atoms with Crippen LogP contribution in [-0.4, -0.2) is 30.2 Å². The van der Waals surface area contributed by atoms with Crippen molar-refractivity contribution in [3.05, 3.63) is 33.9 Å². The highest BCUT2D eigenvalue weighted by Crippen LogP contribution is 2.26. The minimum absolute atomic E-state index is 0.148. The van der Waals surface area contributed by atoms with Gasteiger partial charge in [0.2, 0.25) is 10.0 Å². The number of hydrogen-bond donors (Lipinski definition) is 2. The first-order valence-corrected chi connectivity index (χ1v) is 7.30. The zero-order valence-corrected chi connectivity index (χ0v) is 11.7. The van der Waals surface area contributed by atoms with Gasteiger partial charge in [0, 0.05) is 6.07 Å². The largest absolute Gasteiger partial charge is 0.478 e. The predicted molar refractivity (Wildman–Crippen MR) is 72.3 cm³/mol. The van der Waals surface area contributed by atoms with Crippen molar-refractivity contribution in [3.8, 4) is 0 Å². The third-order valence-electron chi connectivity index (χ3n) is 2.26. The molecule has 0 radical (unpaired) electrons. The highest BCUT2D eigenvalue weighted by Gasteiger charge is 2.21. The van der Waals surface area contributed by atoms with Gasteiger partial charge in [-0.15, -0.1) is 0 Å². The van der Waals surface area contributed by atoms with Crippen molar-refractivity contribution in [2.45, 2.75) is 13.8 Å². The number of nitro groups is 1. The standard InChI is InChI=1S/C11H14N2O6S/c1-7(2)6-20(18,19)12-9-4-3-8(11(14)15)5-10(9)13(16)17/h3-5,7,12H,6H2,1-2H3,(H,14,15). The summed E-state index contributed by atoms with van der Waals surface area (Å²) < 4.78 is 25.6. The van der Waals surface area contributed by atoms with E-state index in [1.165, 1.54) is 0 Å². The lowest BCUT2D eigenvalue weighted by Gasteiger charge is -2.10. The van der Waals surface area contributed by atoms with E-state index in [-0.39, 0.29) is 22.9 Å². The molecule has 0 amide bonds. The Kier molecular flexibility index (Phi) is 4.66. The van der Waals surface area contributed by atoms with Crippen molar-refractivity contribution in [2.75, 3.05) is 10.5 Å². The van der Waals surface area contributed by atoms with Crippen LogP contribution in [0.2, 0.25) is 0 Å². The molecule has 2 N–H and O–H groups in total. The predicted octanol–water partition coefficient (Wildman–Crippen LogP) is 1.69. The molecule has 1 rings (SSSR count). The average Bonchev–Trinajstić information content (AvgIpc) is 2.26. The summed E-state index contributed by atoms with van der Waals surface area (Å²) in [5, 5.41) is 19.7. The zero-order valence-electron chi connectivity index (χ0n) is 10.9. The topological polar surface area (TPSA) is 127 Å². The Morgan fingerprint density at radius 2 is 2.05 bits per heavy atom. The molecule has 8 nitrogen and oxygen atoms in total. The Morgan fingerprint density at radius 3 is 2.50 bits per heavy atom. The second-order valence-corrected chi connectivity index (χ2v) is 6.34. The molecule has 0 atom stereocenters. The molecule has 1 aromatic rings. The van der Waals surface area contributed by atoms with Crippen molar-refractivity contribution >= 4 is 27.4 Å². The molecule has 0 heterocycles. The second kappa shape index (κ2) is 5.87. The number of carboxylic acid groups (broad SMARTS) is 1. The number of nitrogens with one attached hydrogen (secondary N) is 1. The number of carbonyl (C=O) groups is 1. The first-order valence-electron chi connectivity index (χ1n) is 5.64. The number of aromatic carboxylic acids is 1. The number of anilines is 1. The minimum atomic E-state index is -3.72. The van der Waals surface area contributed by atoms with Gasteiger partial charge in [-0.25, -0.2) is 13.2 Å². The molecule has 0 spiro atoms. The molecular weight excluding hydrogens is 288 g/mol. The summed E-state index contributed by atoms with van der Waals surface area (Å²) in [6.45, 7) is 3.39. The van der Waals surface area contributed by atoms with E-state index in [9.17, 15) is 23.3 Å². The van der Waals surface area contributed by atoms with Crippen LogP contribution in [0.15, 0.2) is 18.2 Å². The molecule has 110 valence electrons. The van der Waals surface area contributed by atoms with E-state index in [1.807, 2.05) is 0 Å². The summed E-state index contributed by atoms with van der Waals surface area (Å²) in [6.07, 6.45) is 0. The van der Waals surface area contributed by atoms with Crippen LogP contribution in [-0.2, 0) is 10.0 Å². The Balaban J connectivity index is 3.19. The van der Waals surface area contributed by atoms with E-state index < -0.39 is 26.6 Å². The van der Waals surface area contributed by atoms with E-state index in [0.717, 1.165) is 18.2 Å². The fourth-order valence-electron chi connectivity index (χ4n) is 1.55. The molecule has 0 aliphatic carbocycles. The van der Waals surface area contributed by atoms with Crippen LogP contribution in [0.5, 0.6) is 0 Å². The van der Waals surface area contributed by atoms with Gasteiger partial charge in [0.1, 0.15) is 5.69 Å². The van der Waals surface area contributed by atoms with Crippen LogP contribution in [0.1, 0.15) is 24.2 Å². The molecule has 0 saturated carbocycles. The highest BCUT2D eigenvalue weighted by atomic mass is 32.2. The summed E-state index contributed by atoms with van der Waals surface area (Å²) in [5.41, 5.74) is -1.14. The number of nitro benzene ring substituents is 1. The van der Waals surface area contributed by atoms with Crippen molar-refractivity contribution in [3.63, 3.8) is 0 Å². The summed E-state index contributed by atoms with van der Waals surface area (Å²) in [5.74, 6) is -1.67. The maximum atomic E-state index is 11.8. The van der Waals surface area contributed by atoms with Crippen LogP contribution < -0.4 is 4.72 Å². The van der Waals surface area contributed by atoms with Crippen LogP contribution in [0, 0.1) is 16.0 Å². The number of benzene rings is 1. The Morgan fingerprint density at radius 1 is 1.45 bits per heavy atom. The molecule has 0 aromatic heterocycles. The molecular formula is C11H14N2O6S. The van der Waals surface area contributed by atoms with Gasteiger partial charge in [-0.1, -0.05) is 13.8 Å². The molecule has 0 unspecified atom stereocenters. The van der Waals surface area contributed by atoms with Crippen LogP contribution in [0.3, 0.4) is 0 Å². The van der Waals surface area contributed by atoms with Crippen LogP contribution in [0.4, 0.5) is 11.4 Å². The van der Waals surface area contributed by atoms with E-state index in [1.54, 1.807) is 13.8 Å². The zero-order chi connectivity index (χ0) is 15.5. The third-order valence-corrected chi connectivity index (χ3v) is 3.90. The Labute approximate surface area is 115 Å². The van der Waals surface area contributed by atoms with Crippen molar-refractivity contribution in [1.82, 2.24) is 0 Å². The number of carboxylic acids is 1. The van der Waals surface area contributed by atoms with E-state index in [4.69, 9.17) is 5.11 Å². The summed E-state index contributed by atoms with van der Waals surface area (Å²) in [4.78, 5) is 20.8. The van der Waals surface area contributed by atoms with Crippen molar-refractivity contribution in [1.29, 1.82) is 0 Å². The molecule has 0 fully saturated rings. The monoisotopic (exact) mass is 302 g/mol. The molecule has 9 heteroatoms. The normalized spacial score (nSPS) is 11.3. The van der Waals surface area contributed by atoms with E-state index in [2.05, 4.69) is 4.72 Å². The van der Waals surface area contributed by atoms with E-state index >= 15 is 0 Å². The molecule has 1 aromatic carbocycles. The van der Waals surface area contributed by atoms with Gasteiger partial charge < -0.3 is 5.11 Å². The molecule has 20 heavy (non-hydrogen) atoms. The van der Waals surface area contributed by atoms with Gasteiger partial charge in [0.05, 0.1) is 16.2 Å². The maximum absolute atomic E-state index is 11.8. The SMILES string of the molecule is CC(C)CS(=O)(=O)Nc1ccc(C(=O)O)cc1[N+](=O)[O-]. The summed E-state index contributed by atoms with van der Waals surface area (Å²) >= 11 is 0. The van der Waals surface area contributed by atoms with Crippen molar-refractivity contribution < 1.29 is 23.2 Å².